The van der Waals surface area contributed by atoms with Gasteiger partial charge in [-0.05, 0) is 24.6 Å². The van der Waals surface area contributed by atoms with Crippen LogP contribution in [0.5, 0.6) is 0 Å². The van der Waals surface area contributed by atoms with E-state index in [2.05, 4.69) is 5.43 Å². The van der Waals surface area contributed by atoms with E-state index in [1.54, 1.807) is 6.92 Å². The van der Waals surface area contributed by atoms with Gasteiger partial charge in [-0.25, -0.2) is 8.78 Å². The van der Waals surface area contributed by atoms with Crippen LogP contribution in [0.2, 0.25) is 0 Å². The van der Waals surface area contributed by atoms with Crippen LogP contribution in [0.15, 0.2) is 18.2 Å². The van der Waals surface area contributed by atoms with Crippen molar-refractivity contribution >= 4 is 5.69 Å². The van der Waals surface area contributed by atoms with Crippen molar-refractivity contribution in [1.82, 2.24) is 0 Å². The number of anilines is 1. The molecule has 0 saturated heterocycles. The van der Waals surface area contributed by atoms with E-state index in [0.717, 1.165) is 6.07 Å². The number of hydrogen-bond acceptors (Lipinski definition) is 2. The lowest BCUT2D eigenvalue weighted by Gasteiger charge is -2.11. The van der Waals surface area contributed by atoms with E-state index in [1.807, 2.05) is 0 Å². The predicted octanol–water partition coefficient (Wildman–Crippen LogP) is 2.53. The third-order valence-electron chi connectivity index (χ3n) is 1.87. The summed E-state index contributed by atoms with van der Waals surface area (Å²) in [7, 11) is 0. The van der Waals surface area contributed by atoms with Crippen molar-refractivity contribution in [3.63, 3.8) is 0 Å². The second kappa shape index (κ2) is 4.18. The molecular weight excluding hydrogens is 174 g/mol. The first-order valence-corrected chi connectivity index (χ1v) is 4.09. The number of nitrogens with one attached hydrogen (secondary N) is 1. The molecule has 1 aromatic carbocycles. The number of rotatable bonds is 3. The molecule has 0 bridgehead atoms. The van der Waals surface area contributed by atoms with Gasteiger partial charge in [-0.1, -0.05) is 6.92 Å². The number of nitrogens with two attached hydrogens (primary N) is 1. The fourth-order valence-corrected chi connectivity index (χ4v) is 1.14. The molecule has 0 saturated carbocycles. The standard InChI is InChI=1S/C9H12F2N2/c1-2-8(11)7-5-6(10)3-4-9(7)13-12/h3-5,8,13H,2,12H2,1H3. The smallest absolute Gasteiger partial charge is 0.127 e. The molecule has 0 aliphatic heterocycles. The second-order valence-electron chi connectivity index (χ2n) is 2.75. The number of alkyl halides is 1. The second-order valence-corrected chi connectivity index (χ2v) is 2.75. The highest BCUT2D eigenvalue weighted by Crippen LogP contribution is 2.28. The van der Waals surface area contributed by atoms with Crippen LogP contribution >= 0.6 is 0 Å². The normalized spacial score (nSPS) is 12.6. The lowest BCUT2D eigenvalue weighted by Crippen LogP contribution is -2.10. The zero-order valence-corrected chi connectivity index (χ0v) is 7.35. The van der Waals surface area contributed by atoms with E-state index in [9.17, 15) is 8.78 Å². The molecule has 1 atom stereocenters. The van der Waals surface area contributed by atoms with Crippen molar-refractivity contribution in [2.24, 2.45) is 5.84 Å². The Morgan fingerprint density at radius 1 is 1.54 bits per heavy atom. The molecule has 3 N–H and O–H groups in total. The fourth-order valence-electron chi connectivity index (χ4n) is 1.14. The fraction of sp³-hybridized carbons (Fsp3) is 0.333. The van der Waals surface area contributed by atoms with Crippen LogP contribution in [0.4, 0.5) is 14.5 Å². The van der Waals surface area contributed by atoms with Gasteiger partial charge in [-0.3, -0.25) is 5.84 Å². The maximum absolute atomic E-state index is 13.2. The molecule has 1 aromatic rings. The largest absolute Gasteiger partial charge is 0.324 e. The molecule has 0 radical (unpaired) electrons. The average Bonchev–Trinajstić information content (AvgIpc) is 2.16. The van der Waals surface area contributed by atoms with Crippen molar-refractivity contribution in [3.05, 3.63) is 29.6 Å². The number of benzene rings is 1. The van der Waals surface area contributed by atoms with Gasteiger partial charge in [0.15, 0.2) is 0 Å². The number of halogens is 2. The Morgan fingerprint density at radius 3 is 2.77 bits per heavy atom. The van der Waals surface area contributed by atoms with Crippen molar-refractivity contribution in [3.8, 4) is 0 Å². The highest BCUT2D eigenvalue weighted by Gasteiger charge is 2.12. The first-order valence-electron chi connectivity index (χ1n) is 4.09. The first kappa shape index (κ1) is 9.92. The van der Waals surface area contributed by atoms with Gasteiger partial charge in [0.2, 0.25) is 0 Å². The van der Waals surface area contributed by atoms with Crippen molar-refractivity contribution < 1.29 is 8.78 Å². The predicted molar refractivity (Wildman–Crippen MR) is 48.4 cm³/mol. The minimum absolute atomic E-state index is 0.269. The maximum atomic E-state index is 13.2. The summed E-state index contributed by atoms with van der Waals surface area (Å²) in [5.41, 5.74) is 3.03. The van der Waals surface area contributed by atoms with Gasteiger partial charge >= 0.3 is 0 Å². The Bertz CT molecular complexity index is 289. The molecule has 4 heteroatoms. The van der Waals surface area contributed by atoms with Crippen molar-refractivity contribution in [2.75, 3.05) is 5.43 Å². The van der Waals surface area contributed by atoms with Gasteiger partial charge in [0, 0.05) is 5.56 Å². The van der Waals surface area contributed by atoms with Crippen molar-refractivity contribution in [1.29, 1.82) is 0 Å². The molecule has 1 rings (SSSR count). The molecule has 13 heavy (non-hydrogen) atoms. The summed E-state index contributed by atoms with van der Waals surface area (Å²) in [6.45, 7) is 1.69. The van der Waals surface area contributed by atoms with E-state index in [0.29, 0.717) is 12.1 Å². The number of nitrogen functional groups attached to an aromatic ring is 1. The van der Waals surface area contributed by atoms with E-state index >= 15 is 0 Å². The van der Waals surface area contributed by atoms with Gasteiger partial charge in [0.05, 0.1) is 5.69 Å². The van der Waals surface area contributed by atoms with Crippen LogP contribution < -0.4 is 11.3 Å². The van der Waals surface area contributed by atoms with Gasteiger partial charge in [0.25, 0.3) is 0 Å². The molecular formula is C9H12F2N2. The molecule has 0 fully saturated rings. The molecule has 0 heterocycles. The van der Waals surface area contributed by atoms with Gasteiger partial charge < -0.3 is 5.43 Å². The lowest BCUT2D eigenvalue weighted by molar-refractivity contribution is 0.334. The molecule has 72 valence electrons. The molecule has 2 nitrogen and oxygen atoms in total. The monoisotopic (exact) mass is 186 g/mol. The van der Waals surface area contributed by atoms with E-state index in [1.165, 1.54) is 12.1 Å². The maximum Gasteiger partial charge on any atom is 0.127 e. The number of hydrazine groups is 1. The van der Waals surface area contributed by atoms with Gasteiger partial charge in [0.1, 0.15) is 12.0 Å². The highest BCUT2D eigenvalue weighted by molar-refractivity contribution is 5.51. The minimum atomic E-state index is -1.18. The van der Waals surface area contributed by atoms with Crippen LogP contribution in [0.3, 0.4) is 0 Å². The third-order valence-corrected chi connectivity index (χ3v) is 1.87. The van der Waals surface area contributed by atoms with Gasteiger partial charge in [-0.15, -0.1) is 0 Å². The van der Waals surface area contributed by atoms with Crippen LogP contribution in [0.25, 0.3) is 0 Å². The summed E-state index contributed by atoms with van der Waals surface area (Å²) in [5, 5.41) is 0. The molecule has 0 spiro atoms. The summed E-state index contributed by atoms with van der Waals surface area (Å²) in [6, 6.07) is 3.82. The first-order chi connectivity index (χ1) is 6.19. The number of hydrogen-bond donors (Lipinski definition) is 2. The Morgan fingerprint density at radius 2 is 2.23 bits per heavy atom. The average molecular weight is 186 g/mol. The Hall–Kier alpha value is -1.16. The third kappa shape index (κ3) is 2.15. The molecule has 0 amide bonds. The van der Waals surface area contributed by atoms with Crippen LogP contribution in [0.1, 0.15) is 25.1 Å². The summed E-state index contributed by atoms with van der Waals surface area (Å²) in [5.74, 6) is 4.70. The van der Waals surface area contributed by atoms with Crippen LogP contribution in [-0.2, 0) is 0 Å². The van der Waals surface area contributed by atoms with E-state index in [-0.39, 0.29) is 5.56 Å². The molecule has 0 aliphatic carbocycles. The van der Waals surface area contributed by atoms with E-state index in [4.69, 9.17) is 5.84 Å². The topological polar surface area (TPSA) is 38.0 Å². The summed E-state index contributed by atoms with van der Waals surface area (Å²) in [4.78, 5) is 0. The van der Waals surface area contributed by atoms with E-state index < -0.39 is 12.0 Å². The van der Waals surface area contributed by atoms with Crippen molar-refractivity contribution in [2.45, 2.75) is 19.5 Å². The van der Waals surface area contributed by atoms with Gasteiger partial charge in [-0.2, -0.15) is 0 Å². The highest BCUT2D eigenvalue weighted by atomic mass is 19.1. The zero-order chi connectivity index (χ0) is 9.84. The summed E-state index contributed by atoms with van der Waals surface area (Å²) >= 11 is 0. The summed E-state index contributed by atoms with van der Waals surface area (Å²) in [6.07, 6.45) is -0.875. The Balaban J connectivity index is 3.07. The zero-order valence-electron chi connectivity index (χ0n) is 7.35. The Labute approximate surface area is 75.7 Å². The molecule has 1 unspecified atom stereocenters. The summed E-state index contributed by atoms with van der Waals surface area (Å²) < 4.78 is 26.0. The molecule has 0 aromatic heterocycles. The lowest BCUT2D eigenvalue weighted by atomic mass is 10.1. The SMILES string of the molecule is CCC(F)c1cc(F)ccc1NN. The minimum Gasteiger partial charge on any atom is -0.324 e. The quantitative estimate of drug-likeness (QED) is 0.562. The Kier molecular flexibility index (Phi) is 3.19. The van der Waals surface area contributed by atoms with Crippen LogP contribution in [-0.4, -0.2) is 0 Å². The molecule has 0 aliphatic rings. The van der Waals surface area contributed by atoms with Crippen LogP contribution in [0, 0.1) is 5.82 Å².